The van der Waals surface area contributed by atoms with Crippen molar-refractivity contribution in [2.75, 3.05) is 0 Å². The molecule has 0 aliphatic rings. The van der Waals surface area contributed by atoms with Gasteiger partial charge in [-0.2, -0.15) is 0 Å². The highest BCUT2D eigenvalue weighted by molar-refractivity contribution is 7.99. The molecular formula is C16H21N3OS. The van der Waals surface area contributed by atoms with E-state index in [-0.39, 0.29) is 16.9 Å². The zero-order chi connectivity index (χ0) is 15.2. The van der Waals surface area contributed by atoms with Crippen LogP contribution in [0.1, 0.15) is 36.8 Å². The average molecular weight is 303 g/mol. The molecule has 0 fully saturated rings. The lowest BCUT2D eigenvalue weighted by atomic mass is 10.1. The minimum atomic E-state index is -0.104. The minimum Gasteiger partial charge on any atom is -0.327 e. The summed E-state index contributed by atoms with van der Waals surface area (Å²) in [5.41, 5.74) is 7.98. The molecule has 1 aromatic heterocycles. The normalized spacial score (nSPS) is 13.9. The van der Waals surface area contributed by atoms with Crippen molar-refractivity contribution in [2.45, 2.75) is 43.1 Å². The molecule has 1 aromatic carbocycles. The Labute approximate surface area is 129 Å². The van der Waals surface area contributed by atoms with Gasteiger partial charge < -0.3 is 10.7 Å². The molecule has 2 atom stereocenters. The maximum atomic E-state index is 11.7. The summed E-state index contributed by atoms with van der Waals surface area (Å²) < 4.78 is 0. The van der Waals surface area contributed by atoms with E-state index >= 15 is 0 Å². The molecule has 1 heterocycles. The van der Waals surface area contributed by atoms with Crippen LogP contribution in [-0.4, -0.2) is 16.0 Å². The number of aryl methyl sites for hydroxylation is 1. The van der Waals surface area contributed by atoms with E-state index in [9.17, 15) is 4.79 Å². The van der Waals surface area contributed by atoms with Crippen LogP contribution in [-0.2, 0) is 6.42 Å². The third kappa shape index (κ3) is 4.44. The molecule has 0 aliphatic heterocycles. The van der Waals surface area contributed by atoms with Gasteiger partial charge in [-0.05, 0) is 18.9 Å². The van der Waals surface area contributed by atoms with Gasteiger partial charge in [0.15, 0.2) is 5.16 Å². The zero-order valence-corrected chi connectivity index (χ0v) is 13.2. The number of rotatable bonds is 6. The number of aromatic nitrogens is 2. The first-order valence-corrected chi connectivity index (χ1v) is 8.05. The number of nitrogens with zero attached hydrogens (tertiary/aromatic N) is 1. The first-order valence-electron chi connectivity index (χ1n) is 7.17. The Morgan fingerprint density at radius 1 is 1.33 bits per heavy atom. The first kappa shape index (κ1) is 15.8. The van der Waals surface area contributed by atoms with Crippen molar-refractivity contribution in [1.29, 1.82) is 0 Å². The Hall–Kier alpha value is -1.59. The van der Waals surface area contributed by atoms with Crippen molar-refractivity contribution < 1.29 is 0 Å². The van der Waals surface area contributed by atoms with E-state index in [1.54, 1.807) is 6.07 Å². The molecule has 2 aromatic rings. The number of hydrogen-bond donors (Lipinski definition) is 2. The van der Waals surface area contributed by atoms with Gasteiger partial charge in [-0.25, -0.2) is 4.98 Å². The fourth-order valence-electron chi connectivity index (χ4n) is 2.17. The maximum Gasteiger partial charge on any atom is 0.251 e. The van der Waals surface area contributed by atoms with Crippen LogP contribution in [0.15, 0.2) is 46.3 Å². The van der Waals surface area contributed by atoms with E-state index in [2.05, 4.69) is 29.0 Å². The molecule has 4 nitrogen and oxygen atoms in total. The minimum absolute atomic E-state index is 0.0440. The molecule has 3 N–H and O–H groups in total. The monoisotopic (exact) mass is 303 g/mol. The molecule has 5 heteroatoms. The van der Waals surface area contributed by atoms with E-state index < -0.39 is 0 Å². The second-order valence-electron chi connectivity index (χ2n) is 5.10. The molecule has 0 spiro atoms. The Morgan fingerprint density at radius 3 is 2.67 bits per heavy atom. The standard InChI is InChI=1S/C16H21N3OS/c1-3-7-13-10-14(20)19-16(18-13)21-15(11(2)17)12-8-5-4-6-9-12/h4-6,8-11,15H,3,7,17H2,1-2H3,(H,18,19,20). The molecule has 112 valence electrons. The van der Waals surface area contributed by atoms with E-state index in [0.29, 0.717) is 5.16 Å². The van der Waals surface area contributed by atoms with Gasteiger partial charge in [-0.3, -0.25) is 4.79 Å². The van der Waals surface area contributed by atoms with E-state index in [1.807, 2.05) is 25.1 Å². The van der Waals surface area contributed by atoms with Crippen molar-refractivity contribution in [3.63, 3.8) is 0 Å². The Balaban J connectivity index is 2.27. The largest absolute Gasteiger partial charge is 0.327 e. The van der Waals surface area contributed by atoms with Crippen LogP contribution in [0.5, 0.6) is 0 Å². The number of H-pyrrole nitrogens is 1. The quantitative estimate of drug-likeness (QED) is 0.636. The fourth-order valence-corrected chi connectivity index (χ4v) is 3.24. The lowest BCUT2D eigenvalue weighted by Gasteiger charge is -2.20. The highest BCUT2D eigenvalue weighted by Gasteiger charge is 2.19. The van der Waals surface area contributed by atoms with Gasteiger partial charge in [0.05, 0.1) is 5.25 Å². The number of benzene rings is 1. The molecule has 0 aliphatic carbocycles. The third-order valence-corrected chi connectivity index (χ3v) is 4.50. The van der Waals surface area contributed by atoms with Crippen LogP contribution in [0, 0.1) is 0 Å². The summed E-state index contributed by atoms with van der Waals surface area (Å²) in [6, 6.07) is 11.6. The Bertz CT molecular complexity index is 625. The van der Waals surface area contributed by atoms with Crippen molar-refractivity contribution in [2.24, 2.45) is 5.73 Å². The Morgan fingerprint density at radius 2 is 2.05 bits per heavy atom. The van der Waals surface area contributed by atoms with Crippen LogP contribution in [0.2, 0.25) is 0 Å². The number of hydrogen-bond acceptors (Lipinski definition) is 4. The van der Waals surface area contributed by atoms with Gasteiger partial charge in [0.2, 0.25) is 0 Å². The van der Waals surface area contributed by atoms with E-state index in [1.165, 1.54) is 11.8 Å². The summed E-state index contributed by atoms with van der Waals surface area (Å²) >= 11 is 1.51. The molecular weight excluding hydrogens is 282 g/mol. The molecule has 0 amide bonds. The molecule has 0 saturated carbocycles. The third-order valence-electron chi connectivity index (χ3n) is 3.12. The lowest BCUT2D eigenvalue weighted by molar-refractivity contribution is 0.715. The van der Waals surface area contributed by atoms with Crippen molar-refractivity contribution >= 4 is 11.8 Å². The maximum absolute atomic E-state index is 11.7. The van der Waals surface area contributed by atoms with Crippen molar-refractivity contribution in [3.05, 3.63) is 58.0 Å². The van der Waals surface area contributed by atoms with Crippen LogP contribution in [0.25, 0.3) is 0 Å². The predicted octanol–water partition coefficient (Wildman–Crippen LogP) is 2.90. The number of aromatic amines is 1. The number of nitrogens with two attached hydrogens (primary N) is 1. The van der Waals surface area contributed by atoms with Gasteiger partial charge in [-0.15, -0.1) is 0 Å². The Kier molecular flexibility index (Phi) is 5.59. The molecule has 2 unspecified atom stereocenters. The summed E-state index contributed by atoms with van der Waals surface area (Å²) in [6.07, 6.45) is 1.78. The summed E-state index contributed by atoms with van der Waals surface area (Å²) in [4.78, 5) is 19.1. The molecule has 21 heavy (non-hydrogen) atoms. The topological polar surface area (TPSA) is 71.8 Å². The molecule has 2 rings (SSSR count). The number of nitrogens with one attached hydrogen (secondary N) is 1. The summed E-state index contributed by atoms with van der Waals surface area (Å²) in [5, 5.41) is 0.698. The highest BCUT2D eigenvalue weighted by atomic mass is 32.2. The van der Waals surface area contributed by atoms with Crippen molar-refractivity contribution in [1.82, 2.24) is 9.97 Å². The number of thioether (sulfide) groups is 1. The van der Waals surface area contributed by atoms with E-state index in [0.717, 1.165) is 24.1 Å². The summed E-state index contributed by atoms with van der Waals surface area (Å²) in [5.74, 6) is 0. The highest BCUT2D eigenvalue weighted by Crippen LogP contribution is 2.34. The van der Waals surface area contributed by atoms with Crippen molar-refractivity contribution in [3.8, 4) is 0 Å². The predicted molar refractivity (Wildman–Crippen MR) is 87.5 cm³/mol. The average Bonchev–Trinajstić information content (AvgIpc) is 2.45. The summed E-state index contributed by atoms with van der Waals surface area (Å²) in [7, 11) is 0. The zero-order valence-electron chi connectivity index (χ0n) is 12.4. The SMILES string of the molecule is CCCc1cc(=O)[nH]c(SC(c2ccccc2)C(C)N)n1. The van der Waals surface area contributed by atoms with Gasteiger partial charge in [0.25, 0.3) is 5.56 Å². The second kappa shape index (κ2) is 7.43. The van der Waals surface area contributed by atoms with Gasteiger partial charge >= 0.3 is 0 Å². The summed E-state index contributed by atoms with van der Waals surface area (Å²) in [6.45, 7) is 4.04. The molecule has 0 saturated heterocycles. The van der Waals surface area contributed by atoms with Gasteiger partial charge in [0.1, 0.15) is 0 Å². The van der Waals surface area contributed by atoms with Crippen LogP contribution in [0.4, 0.5) is 0 Å². The fraction of sp³-hybridized carbons (Fsp3) is 0.375. The smallest absolute Gasteiger partial charge is 0.251 e. The molecule has 0 radical (unpaired) electrons. The van der Waals surface area contributed by atoms with Crippen LogP contribution >= 0.6 is 11.8 Å². The van der Waals surface area contributed by atoms with E-state index in [4.69, 9.17) is 5.73 Å². The first-order chi connectivity index (χ1) is 10.1. The van der Waals surface area contributed by atoms with Crippen LogP contribution in [0.3, 0.4) is 0 Å². The van der Waals surface area contributed by atoms with Gasteiger partial charge in [-0.1, -0.05) is 55.4 Å². The lowest BCUT2D eigenvalue weighted by Crippen LogP contribution is -2.23. The second-order valence-corrected chi connectivity index (χ2v) is 6.23. The van der Waals surface area contributed by atoms with Gasteiger partial charge in [0, 0.05) is 17.8 Å². The van der Waals surface area contributed by atoms with Crippen LogP contribution < -0.4 is 11.3 Å². The molecule has 0 bridgehead atoms.